The molecular weight excluding hydrogens is 202 g/mol. The summed E-state index contributed by atoms with van der Waals surface area (Å²) in [6.07, 6.45) is 0. The van der Waals surface area contributed by atoms with E-state index in [9.17, 15) is 9.59 Å². The smallest absolute Gasteiger partial charge is 0.306 e. The van der Waals surface area contributed by atoms with Gasteiger partial charge in [-0.25, -0.2) is 0 Å². The zero-order valence-electron chi connectivity index (χ0n) is 8.40. The van der Waals surface area contributed by atoms with Crippen molar-refractivity contribution in [3.63, 3.8) is 0 Å². The van der Waals surface area contributed by atoms with Crippen LogP contribution in [0.25, 0.3) is 0 Å². The summed E-state index contributed by atoms with van der Waals surface area (Å²) < 4.78 is 0. The molecule has 0 unspecified atom stereocenters. The second kappa shape index (κ2) is 4.45. The van der Waals surface area contributed by atoms with Crippen molar-refractivity contribution in [2.45, 2.75) is 13.0 Å². The zero-order valence-corrected chi connectivity index (χ0v) is 9.22. The number of amides is 2. The molecule has 0 saturated heterocycles. The molecule has 0 saturated carbocycles. The van der Waals surface area contributed by atoms with Gasteiger partial charge in [-0.15, -0.1) is 0 Å². The fraction of sp³-hybridized carbons (Fsp3) is 0.625. The van der Waals surface area contributed by atoms with E-state index in [2.05, 4.69) is 10.3 Å². The highest BCUT2D eigenvalue weighted by molar-refractivity contribution is 8.14. The standard InChI is InChI=1S/C8H13N3O2S/c1-5(7(12)11(2)3)9-6-4-14-8(13)10-6/h5H,4H2,1-3H3,(H,9,10,13)/t5-/m0/s1. The Hall–Kier alpha value is -1.04. The van der Waals surface area contributed by atoms with Gasteiger partial charge in [-0.2, -0.15) is 4.99 Å². The van der Waals surface area contributed by atoms with Crippen LogP contribution in [0.2, 0.25) is 0 Å². The summed E-state index contributed by atoms with van der Waals surface area (Å²) in [5, 5.41) is 2.71. The maximum Gasteiger partial charge on any atom is 0.306 e. The Morgan fingerprint density at radius 3 is 2.71 bits per heavy atom. The van der Waals surface area contributed by atoms with Gasteiger partial charge in [0.1, 0.15) is 11.9 Å². The third kappa shape index (κ3) is 2.73. The van der Waals surface area contributed by atoms with E-state index in [1.807, 2.05) is 0 Å². The summed E-state index contributed by atoms with van der Waals surface area (Å²) in [6.45, 7) is 1.75. The molecule has 0 radical (unpaired) electrons. The lowest BCUT2D eigenvalue weighted by molar-refractivity contribution is -0.130. The van der Waals surface area contributed by atoms with Gasteiger partial charge in [0.15, 0.2) is 0 Å². The van der Waals surface area contributed by atoms with Gasteiger partial charge in [-0.05, 0) is 6.92 Å². The van der Waals surface area contributed by atoms with Gasteiger partial charge in [0.05, 0.1) is 5.75 Å². The van der Waals surface area contributed by atoms with Crippen molar-refractivity contribution in [3.05, 3.63) is 0 Å². The Bertz CT molecular complexity index is 288. The van der Waals surface area contributed by atoms with E-state index < -0.39 is 0 Å². The lowest BCUT2D eigenvalue weighted by Crippen LogP contribution is -2.44. The van der Waals surface area contributed by atoms with Crippen LogP contribution in [0.15, 0.2) is 4.99 Å². The first-order valence-corrected chi connectivity index (χ1v) is 5.21. The van der Waals surface area contributed by atoms with E-state index in [0.717, 1.165) is 11.8 Å². The number of nitrogens with one attached hydrogen (secondary N) is 1. The highest BCUT2D eigenvalue weighted by atomic mass is 32.2. The molecule has 1 N–H and O–H groups in total. The molecule has 6 heteroatoms. The van der Waals surface area contributed by atoms with Crippen molar-refractivity contribution < 1.29 is 9.59 Å². The summed E-state index contributed by atoms with van der Waals surface area (Å²) in [6, 6.07) is -0.338. The van der Waals surface area contributed by atoms with Crippen LogP contribution in [0.4, 0.5) is 4.79 Å². The van der Waals surface area contributed by atoms with Gasteiger partial charge in [0.25, 0.3) is 0 Å². The number of likely N-dealkylation sites (N-methyl/N-ethyl adjacent to an activating group) is 1. The molecule has 1 heterocycles. The van der Waals surface area contributed by atoms with Crippen LogP contribution >= 0.6 is 11.8 Å². The topological polar surface area (TPSA) is 61.8 Å². The average molecular weight is 215 g/mol. The number of carbonyl (C=O) groups is 2. The fourth-order valence-electron chi connectivity index (χ4n) is 1.08. The van der Waals surface area contributed by atoms with Gasteiger partial charge < -0.3 is 10.2 Å². The predicted molar refractivity (Wildman–Crippen MR) is 56.6 cm³/mol. The Morgan fingerprint density at radius 2 is 2.29 bits per heavy atom. The molecule has 1 atom stereocenters. The quantitative estimate of drug-likeness (QED) is 0.720. The molecule has 14 heavy (non-hydrogen) atoms. The lowest BCUT2D eigenvalue weighted by Gasteiger charge is -2.18. The first-order chi connectivity index (χ1) is 6.50. The lowest BCUT2D eigenvalue weighted by atomic mass is 10.3. The van der Waals surface area contributed by atoms with Crippen LogP contribution in [0.1, 0.15) is 6.92 Å². The second-order valence-electron chi connectivity index (χ2n) is 3.21. The molecule has 0 fully saturated rings. The second-order valence-corrected chi connectivity index (χ2v) is 4.14. The highest BCUT2D eigenvalue weighted by Gasteiger charge is 2.20. The maximum atomic E-state index is 11.4. The molecule has 0 aromatic rings. The van der Waals surface area contributed by atoms with Gasteiger partial charge >= 0.3 is 5.24 Å². The van der Waals surface area contributed by atoms with E-state index in [1.54, 1.807) is 21.0 Å². The van der Waals surface area contributed by atoms with Crippen LogP contribution in [0.5, 0.6) is 0 Å². The van der Waals surface area contributed by atoms with E-state index in [-0.39, 0.29) is 17.2 Å². The minimum Gasteiger partial charge on any atom is -0.361 e. The molecule has 78 valence electrons. The van der Waals surface area contributed by atoms with Gasteiger partial charge in [-0.1, -0.05) is 11.8 Å². The minimum absolute atomic E-state index is 0.0305. The monoisotopic (exact) mass is 215 g/mol. The first-order valence-electron chi connectivity index (χ1n) is 4.22. The molecule has 1 aliphatic rings. The normalized spacial score (nSPS) is 17.6. The van der Waals surface area contributed by atoms with Crippen molar-refractivity contribution in [2.24, 2.45) is 4.99 Å². The Morgan fingerprint density at radius 1 is 1.64 bits per heavy atom. The molecule has 1 aliphatic heterocycles. The third-order valence-corrected chi connectivity index (χ3v) is 2.51. The highest BCUT2D eigenvalue weighted by Crippen LogP contribution is 2.12. The molecule has 5 nitrogen and oxygen atoms in total. The predicted octanol–water partition coefficient (Wildman–Crippen LogP) is 0.318. The zero-order chi connectivity index (χ0) is 10.7. The molecule has 0 spiro atoms. The van der Waals surface area contributed by atoms with Crippen molar-refractivity contribution in [1.29, 1.82) is 0 Å². The van der Waals surface area contributed by atoms with Gasteiger partial charge in [0.2, 0.25) is 5.91 Å². The van der Waals surface area contributed by atoms with Crippen LogP contribution in [0, 0.1) is 0 Å². The molecular formula is C8H13N3O2S. The molecule has 1 rings (SSSR count). The molecule has 0 aromatic heterocycles. The summed E-state index contributed by atoms with van der Waals surface area (Å²) in [4.78, 5) is 27.4. The van der Waals surface area contributed by atoms with E-state index in [4.69, 9.17) is 0 Å². The number of aliphatic imine (C=N–C) groups is 1. The van der Waals surface area contributed by atoms with Crippen molar-refractivity contribution in [1.82, 2.24) is 10.2 Å². The summed E-state index contributed by atoms with van der Waals surface area (Å²) in [7, 11) is 3.38. The number of thioether (sulfide) groups is 1. The average Bonchev–Trinajstić information content (AvgIpc) is 2.49. The van der Waals surface area contributed by atoms with Crippen molar-refractivity contribution in [3.8, 4) is 0 Å². The van der Waals surface area contributed by atoms with E-state index in [0.29, 0.717) is 11.6 Å². The maximum absolute atomic E-state index is 11.4. The van der Waals surface area contributed by atoms with E-state index in [1.165, 1.54) is 4.90 Å². The number of carbonyl (C=O) groups excluding carboxylic acids is 2. The summed E-state index contributed by atoms with van der Waals surface area (Å²) in [5.41, 5.74) is 0. The van der Waals surface area contributed by atoms with Crippen LogP contribution in [0.3, 0.4) is 0 Å². The molecule has 0 aromatic carbocycles. The SMILES string of the molecule is C[C@H](NC1=NC(=O)SC1)C(=O)N(C)C. The molecule has 2 amide bonds. The van der Waals surface area contributed by atoms with Crippen LogP contribution in [-0.4, -0.2) is 47.8 Å². The fourth-order valence-corrected chi connectivity index (χ4v) is 1.66. The molecule has 0 aliphatic carbocycles. The Balaban J connectivity index is 2.49. The number of amidine groups is 1. The minimum atomic E-state index is -0.338. The largest absolute Gasteiger partial charge is 0.361 e. The summed E-state index contributed by atoms with van der Waals surface area (Å²) in [5.74, 6) is 1.09. The van der Waals surface area contributed by atoms with Gasteiger partial charge in [-0.3, -0.25) is 9.59 Å². The summed E-state index contributed by atoms with van der Waals surface area (Å²) >= 11 is 1.14. The number of hydrogen-bond donors (Lipinski definition) is 1. The molecule has 0 bridgehead atoms. The van der Waals surface area contributed by atoms with Crippen molar-refractivity contribution >= 4 is 28.7 Å². The first kappa shape index (κ1) is 11.0. The van der Waals surface area contributed by atoms with Crippen molar-refractivity contribution in [2.75, 3.05) is 19.8 Å². The Labute approximate surface area is 86.9 Å². The number of rotatable bonds is 2. The van der Waals surface area contributed by atoms with E-state index >= 15 is 0 Å². The van der Waals surface area contributed by atoms with Crippen LogP contribution < -0.4 is 5.32 Å². The Kier molecular flexibility index (Phi) is 3.51. The third-order valence-electron chi connectivity index (χ3n) is 1.75. The number of nitrogens with zero attached hydrogens (tertiary/aromatic N) is 2. The van der Waals surface area contributed by atoms with Crippen LogP contribution in [-0.2, 0) is 4.79 Å². The van der Waals surface area contributed by atoms with Gasteiger partial charge in [0, 0.05) is 14.1 Å². The number of hydrogen-bond acceptors (Lipinski definition) is 4.